The number of nitriles is 1. The van der Waals surface area contributed by atoms with Crippen molar-refractivity contribution in [2.75, 3.05) is 24.5 Å². The molecule has 1 aromatic carbocycles. The molecule has 1 saturated heterocycles. The van der Waals surface area contributed by atoms with E-state index >= 15 is 0 Å². The van der Waals surface area contributed by atoms with Crippen LogP contribution in [0.4, 0.5) is 5.69 Å². The molecule has 0 bridgehead atoms. The number of anilines is 1. The van der Waals surface area contributed by atoms with Crippen molar-refractivity contribution in [3.05, 3.63) is 35.0 Å². The third kappa shape index (κ3) is 4.99. The summed E-state index contributed by atoms with van der Waals surface area (Å²) in [6.07, 6.45) is 1.51. The molecule has 25 heavy (non-hydrogen) atoms. The van der Waals surface area contributed by atoms with Gasteiger partial charge in [-0.2, -0.15) is 5.26 Å². The lowest BCUT2D eigenvalue weighted by Crippen LogP contribution is -2.45. The second-order valence-electron chi connectivity index (χ2n) is 7.17. The van der Waals surface area contributed by atoms with Crippen molar-refractivity contribution < 1.29 is 9.81 Å². The van der Waals surface area contributed by atoms with Crippen LogP contribution in [-0.4, -0.2) is 41.3 Å². The molecule has 0 amide bonds. The van der Waals surface area contributed by atoms with Gasteiger partial charge in [0.2, 0.25) is 5.28 Å². The third-order valence-electron chi connectivity index (χ3n) is 4.33. The Hall–Kier alpha value is -2.49. The fourth-order valence-electron chi connectivity index (χ4n) is 2.99. The highest BCUT2D eigenvalue weighted by Crippen LogP contribution is 2.22. The van der Waals surface area contributed by atoms with Crippen molar-refractivity contribution >= 4 is 5.69 Å². The number of piperidine rings is 1. The summed E-state index contributed by atoms with van der Waals surface area (Å²) in [6, 6.07) is 9.77. The molecule has 1 aliphatic rings. The summed E-state index contributed by atoms with van der Waals surface area (Å²) in [6.45, 7) is 9.99. The van der Waals surface area contributed by atoms with Gasteiger partial charge in [-0.25, -0.2) is 0 Å². The van der Waals surface area contributed by atoms with Crippen LogP contribution in [-0.2, 0) is 4.84 Å². The van der Waals surface area contributed by atoms with Gasteiger partial charge in [0, 0.05) is 31.6 Å². The molecule has 0 aliphatic carbocycles. The standard InChI is InChI=1S/C18H27N5O2/c1-5-22(18(2,3)4)23(24)20-25-17-9-11-21(12-10-17)16-8-6-7-15(13-16)14-19/h6-8,13,17H,5,9-12H2,1-4H3/b23-20+. The summed E-state index contributed by atoms with van der Waals surface area (Å²) in [4.78, 5) is 8.25. The quantitative estimate of drug-likeness (QED) is 0.464. The first-order valence-electron chi connectivity index (χ1n) is 8.72. The minimum Gasteiger partial charge on any atom is -0.569 e. The fraction of sp³-hybridized carbons (Fsp3) is 0.611. The van der Waals surface area contributed by atoms with Crippen LogP contribution in [0, 0.1) is 16.5 Å². The van der Waals surface area contributed by atoms with Gasteiger partial charge in [-0.1, -0.05) is 6.07 Å². The van der Waals surface area contributed by atoms with Crippen LogP contribution >= 0.6 is 0 Å². The highest BCUT2D eigenvalue weighted by atomic mass is 16.7. The Labute approximate surface area is 149 Å². The van der Waals surface area contributed by atoms with E-state index in [9.17, 15) is 5.21 Å². The topological polar surface area (TPSA) is 77.9 Å². The van der Waals surface area contributed by atoms with E-state index in [0.717, 1.165) is 31.6 Å². The zero-order valence-corrected chi connectivity index (χ0v) is 15.5. The number of hydrogen-bond acceptors (Lipinski definition) is 5. The molecular formula is C18H27N5O2. The Morgan fingerprint density at radius 3 is 2.64 bits per heavy atom. The normalized spacial score (nSPS) is 16.4. The molecule has 1 fully saturated rings. The molecule has 2 rings (SSSR count). The first-order valence-corrected chi connectivity index (χ1v) is 8.72. The van der Waals surface area contributed by atoms with Gasteiger partial charge in [0.15, 0.2) is 0 Å². The van der Waals surface area contributed by atoms with Crippen molar-refractivity contribution in [2.24, 2.45) is 5.28 Å². The van der Waals surface area contributed by atoms with Gasteiger partial charge in [0.1, 0.15) is 6.10 Å². The van der Waals surface area contributed by atoms with E-state index in [1.54, 1.807) is 11.1 Å². The number of hydrazine groups is 1. The van der Waals surface area contributed by atoms with Gasteiger partial charge in [0.25, 0.3) is 0 Å². The van der Waals surface area contributed by atoms with E-state index in [1.165, 1.54) is 0 Å². The summed E-state index contributed by atoms with van der Waals surface area (Å²) in [5.41, 5.74) is 1.40. The molecule has 0 saturated carbocycles. The van der Waals surface area contributed by atoms with E-state index in [-0.39, 0.29) is 11.6 Å². The van der Waals surface area contributed by atoms with Gasteiger partial charge in [-0.15, -0.1) is 5.01 Å². The highest BCUT2D eigenvalue weighted by molar-refractivity contribution is 5.51. The summed E-state index contributed by atoms with van der Waals surface area (Å²) in [5.74, 6) is 0. The monoisotopic (exact) mass is 345 g/mol. The van der Waals surface area contributed by atoms with Gasteiger partial charge >= 0.3 is 0 Å². The van der Waals surface area contributed by atoms with Crippen LogP contribution in [0.3, 0.4) is 0 Å². The molecule has 0 aromatic heterocycles. The summed E-state index contributed by atoms with van der Waals surface area (Å²) < 4.78 is 0. The lowest BCUT2D eigenvalue weighted by atomic mass is 10.1. The van der Waals surface area contributed by atoms with Crippen LogP contribution in [0.1, 0.15) is 46.1 Å². The molecule has 7 heteroatoms. The molecule has 0 unspecified atom stereocenters. The summed E-state index contributed by atoms with van der Waals surface area (Å²) in [5, 5.41) is 26.5. The van der Waals surface area contributed by atoms with Crippen molar-refractivity contribution in [3.63, 3.8) is 0 Å². The maximum atomic E-state index is 12.1. The van der Waals surface area contributed by atoms with Crippen LogP contribution < -0.4 is 4.90 Å². The zero-order valence-electron chi connectivity index (χ0n) is 15.5. The van der Waals surface area contributed by atoms with Crippen molar-refractivity contribution in [1.29, 1.82) is 5.26 Å². The van der Waals surface area contributed by atoms with Gasteiger partial charge in [0.05, 0.1) is 28.7 Å². The molecule has 0 spiro atoms. The Morgan fingerprint density at radius 1 is 1.40 bits per heavy atom. The van der Waals surface area contributed by atoms with Crippen molar-refractivity contribution in [1.82, 2.24) is 5.01 Å². The lowest BCUT2D eigenvalue weighted by Gasteiger charge is -2.32. The summed E-state index contributed by atoms with van der Waals surface area (Å²) >= 11 is 0. The second kappa shape index (κ2) is 8.06. The number of rotatable bonds is 5. The van der Waals surface area contributed by atoms with E-state index in [0.29, 0.717) is 17.1 Å². The zero-order chi connectivity index (χ0) is 18.4. The Kier molecular flexibility index (Phi) is 6.07. The SMILES string of the molecule is CCN(/[N+]([O-])=N\OC1CCN(c2cccc(C#N)c2)CC1)C(C)(C)C. The van der Waals surface area contributed by atoms with E-state index in [2.05, 4.69) is 16.2 Å². The Balaban J connectivity index is 1.90. The van der Waals surface area contributed by atoms with E-state index in [1.807, 2.05) is 45.9 Å². The molecule has 1 heterocycles. The van der Waals surface area contributed by atoms with Crippen LogP contribution in [0.5, 0.6) is 0 Å². The van der Waals surface area contributed by atoms with E-state index < -0.39 is 0 Å². The van der Waals surface area contributed by atoms with Gasteiger partial charge in [-0.3, -0.25) is 0 Å². The molecule has 0 N–H and O–H groups in total. The average molecular weight is 345 g/mol. The van der Waals surface area contributed by atoms with Gasteiger partial charge in [-0.05, 0) is 45.9 Å². The van der Waals surface area contributed by atoms with Crippen molar-refractivity contribution in [3.8, 4) is 6.07 Å². The van der Waals surface area contributed by atoms with Crippen LogP contribution in [0.15, 0.2) is 29.5 Å². The summed E-state index contributed by atoms with van der Waals surface area (Å²) in [7, 11) is 0. The predicted octanol–water partition coefficient (Wildman–Crippen LogP) is 3.46. The molecule has 0 atom stereocenters. The first-order chi connectivity index (χ1) is 11.8. The predicted molar refractivity (Wildman–Crippen MR) is 95.7 cm³/mol. The highest BCUT2D eigenvalue weighted by Gasteiger charge is 2.28. The first kappa shape index (κ1) is 18.8. The molecule has 0 radical (unpaired) electrons. The maximum Gasteiger partial charge on any atom is 0.233 e. The minimum absolute atomic E-state index is 0.0643. The fourth-order valence-corrected chi connectivity index (χ4v) is 2.99. The maximum absolute atomic E-state index is 12.1. The Bertz CT molecular complexity index is 640. The smallest absolute Gasteiger partial charge is 0.233 e. The minimum atomic E-state index is -0.307. The largest absolute Gasteiger partial charge is 0.569 e. The van der Waals surface area contributed by atoms with Crippen LogP contribution in [0.2, 0.25) is 0 Å². The number of nitrogens with zero attached hydrogens (tertiary/aromatic N) is 5. The molecule has 136 valence electrons. The lowest BCUT2D eigenvalue weighted by molar-refractivity contribution is -0.725. The van der Waals surface area contributed by atoms with E-state index in [4.69, 9.17) is 10.1 Å². The molecular weight excluding hydrogens is 318 g/mol. The Morgan fingerprint density at radius 2 is 2.08 bits per heavy atom. The van der Waals surface area contributed by atoms with Crippen molar-refractivity contribution in [2.45, 2.75) is 52.2 Å². The number of benzene rings is 1. The third-order valence-corrected chi connectivity index (χ3v) is 4.33. The number of hydrogen-bond donors (Lipinski definition) is 0. The second-order valence-corrected chi connectivity index (χ2v) is 7.17. The van der Waals surface area contributed by atoms with Gasteiger partial charge < -0.3 is 14.9 Å². The average Bonchev–Trinajstić information content (AvgIpc) is 2.60. The molecule has 1 aliphatic heterocycles. The van der Waals surface area contributed by atoms with Crippen LogP contribution in [0.25, 0.3) is 0 Å². The molecule has 7 nitrogen and oxygen atoms in total. The molecule has 1 aromatic rings.